The molecule has 0 unspecified atom stereocenters. The number of nitrogens with zero attached hydrogens (tertiary/aromatic N) is 1. The molecule has 0 saturated carbocycles. The molecule has 0 spiro atoms. The van der Waals surface area contributed by atoms with E-state index in [-0.39, 0.29) is 30.6 Å². The predicted molar refractivity (Wildman–Crippen MR) is 99.3 cm³/mol. The van der Waals surface area contributed by atoms with Crippen LogP contribution in [0.1, 0.15) is 24.4 Å². The lowest BCUT2D eigenvalue weighted by atomic mass is 9.85. The number of nitrogens with one attached hydrogen (secondary N) is 1. The first kappa shape index (κ1) is 21.1. The highest BCUT2D eigenvalue weighted by Crippen LogP contribution is 2.36. The maximum atomic E-state index is 13.8. The summed E-state index contributed by atoms with van der Waals surface area (Å²) in [4.78, 5) is 2.51. The molecule has 0 aliphatic carbocycles. The smallest absolute Gasteiger partial charge is 0.124 e. The summed E-state index contributed by atoms with van der Waals surface area (Å²) in [6.45, 7) is 5.71. The molecule has 0 aromatic heterocycles. The Morgan fingerprint density at radius 3 is 2.39 bits per heavy atom. The lowest BCUT2D eigenvalue weighted by Crippen LogP contribution is -2.47. The molecule has 23 heavy (non-hydrogen) atoms. The van der Waals surface area contributed by atoms with Crippen molar-refractivity contribution >= 4 is 40.7 Å². The molecule has 1 N–H and O–H groups in total. The molecule has 7 heteroatoms. The topological polar surface area (TPSA) is 24.5 Å². The Morgan fingerprint density at radius 1 is 1.13 bits per heavy atom. The third-order valence-corrected chi connectivity index (χ3v) is 4.94. The zero-order valence-electron chi connectivity index (χ0n) is 13.0. The van der Waals surface area contributed by atoms with Gasteiger partial charge in [0.15, 0.2) is 0 Å². The van der Waals surface area contributed by atoms with Crippen molar-refractivity contribution in [2.45, 2.75) is 18.9 Å². The number of rotatable bonds is 3. The number of hydrogen-bond acceptors (Lipinski definition) is 3. The molecule has 132 valence electrons. The SMILES string of the molecule is Cl.Cl.Fc1cc(Br)cc([C@@H](C2CCOCC2)N2CCNCC2)c1. The Bertz CT molecular complexity index is 445. The molecule has 2 fully saturated rings. The fourth-order valence-electron chi connectivity index (χ4n) is 3.52. The van der Waals surface area contributed by atoms with E-state index in [9.17, 15) is 4.39 Å². The van der Waals surface area contributed by atoms with E-state index in [1.54, 1.807) is 6.07 Å². The summed E-state index contributed by atoms with van der Waals surface area (Å²) in [5.74, 6) is 0.386. The molecule has 1 aromatic rings. The Balaban J connectivity index is 0.00000132. The molecule has 1 atom stereocenters. The molecule has 1 aromatic carbocycles. The van der Waals surface area contributed by atoms with E-state index >= 15 is 0 Å². The van der Waals surface area contributed by atoms with Crippen LogP contribution in [0.2, 0.25) is 0 Å². The minimum absolute atomic E-state index is 0. The number of piperazine rings is 1. The van der Waals surface area contributed by atoms with Gasteiger partial charge in [0.25, 0.3) is 0 Å². The second-order valence-electron chi connectivity index (χ2n) is 5.88. The van der Waals surface area contributed by atoms with Crippen LogP contribution in [0.5, 0.6) is 0 Å². The Labute approximate surface area is 158 Å². The number of hydrogen-bond donors (Lipinski definition) is 1. The van der Waals surface area contributed by atoms with Crippen LogP contribution in [0.3, 0.4) is 0 Å². The molecular formula is C16H24BrCl2FN2O. The first-order valence-electron chi connectivity index (χ1n) is 7.72. The second-order valence-corrected chi connectivity index (χ2v) is 6.80. The van der Waals surface area contributed by atoms with Crippen molar-refractivity contribution in [3.05, 3.63) is 34.1 Å². The average Bonchev–Trinajstić information content (AvgIpc) is 2.49. The van der Waals surface area contributed by atoms with Crippen LogP contribution >= 0.6 is 40.7 Å². The van der Waals surface area contributed by atoms with Crippen molar-refractivity contribution in [1.82, 2.24) is 10.2 Å². The molecule has 2 aliphatic heterocycles. The van der Waals surface area contributed by atoms with Gasteiger partial charge in [0.1, 0.15) is 5.82 Å². The predicted octanol–water partition coefficient (Wildman–Crippen LogP) is 3.80. The molecule has 3 nitrogen and oxygen atoms in total. The van der Waals surface area contributed by atoms with Crippen LogP contribution < -0.4 is 5.32 Å². The minimum Gasteiger partial charge on any atom is -0.381 e. The maximum Gasteiger partial charge on any atom is 0.124 e. The van der Waals surface area contributed by atoms with Crippen molar-refractivity contribution in [3.8, 4) is 0 Å². The van der Waals surface area contributed by atoms with Crippen molar-refractivity contribution in [3.63, 3.8) is 0 Å². The number of halogens is 4. The highest BCUT2D eigenvalue weighted by atomic mass is 79.9. The monoisotopic (exact) mass is 428 g/mol. The van der Waals surface area contributed by atoms with Crippen LogP contribution in [0, 0.1) is 11.7 Å². The van der Waals surface area contributed by atoms with Gasteiger partial charge in [0, 0.05) is 49.9 Å². The lowest BCUT2D eigenvalue weighted by Gasteiger charge is -2.41. The molecule has 3 rings (SSSR count). The normalized spacial score (nSPS) is 21.1. The van der Waals surface area contributed by atoms with Gasteiger partial charge in [0.05, 0.1) is 0 Å². The van der Waals surface area contributed by atoms with Crippen molar-refractivity contribution in [2.75, 3.05) is 39.4 Å². The first-order valence-corrected chi connectivity index (χ1v) is 8.52. The van der Waals surface area contributed by atoms with Crippen LogP contribution in [-0.4, -0.2) is 44.3 Å². The minimum atomic E-state index is -0.161. The van der Waals surface area contributed by atoms with E-state index in [1.165, 1.54) is 6.07 Å². The van der Waals surface area contributed by atoms with E-state index in [1.807, 2.05) is 0 Å². The van der Waals surface area contributed by atoms with Gasteiger partial charge in [-0.1, -0.05) is 15.9 Å². The highest BCUT2D eigenvalue weighted by molar-refractivity contribution is 9.10. The maximum absolute atomic E-state index is 13.8. The highest BCUT2D eigenvalue weighted by Gasteiger charge is 2.31. The molecule has 2 aliphatic rings. The molecule has 2 saturated heterocycles. The van der Waals surface area contributed by atoms with E-state index < -0.39 is 0 Å². The average molecular weight is 430 g/mol. The van der Waals surface area contributed by atoms with Gasteiger partial charge in [0.2, 0.25) is 0 Å². The lowest BCUT2D eigenvalue weighted by molar-refractivity contribution is 0.0212. The molecule has 0 amide bonds. The van der Waals surface area contributed by atoms with Crippen molar-refractivity contribution in [1.29, 1.82) is 0 Å². The van der Waals surface area contributed by atoms with E-state index in [0.29, 0.717) is 12.0 Å². The number of ether oxygens (including phenoxy) is 1. The van der Waals surface area contributed by atoms with Crippen LogP contribution in [0.25, 0.3) is 0 Å². The molecular weight excluding hydrogens is 406 g/mol. The van der Waals surface area contributed by atoms with Crippen LogP contribution in [0.15, 0.2) is 22.7 Å². The van der Waals surface area contributed by atoms with Crippen molar-refractivity contribution in [2.24, 2.45) is 5.92 Å². The second kappa shape index (κ2) is 10.2. The van der Waals surface area contributed by atoms with E-state index in [2.05, 4.69) is 32.2 Å². The summed E-state index contributed by atoms with van der Waals surface area (Å²) in [6, 6.07) is 5.60. The van der Waals surface area contributed by atoms with Gasteiger partial charge in [-0.05, 0) is 42.5 Å². The first-order chi connectivity index (χ1) is 10.2. The Kier molecular flexibility index (Phi) is 9.34. The Morgan fingerprint density at radius 2 is 1.78 bits per heavy atom. The third-order valence-electron chi connectivity index (χ3n) is 4.48. The zero-order chi connectivity index (χ0) is 14.7. The fraction of sp³-hybridized carbons (Fsp3) is 0.625. The summed E-state index contributed by atoms with van der Waals surface area (Å²) in [6.07, 6.45) is 2.12. The van der Waals surface area contributed by atoms with Gasteiger partial charge >= 0.3 is 0 Å². The van der Waals surface area contributed by atoms with Crippen LogP contribution in [0.4, 0.5) is 4.39 Å². The van der Waals surface area contributed by atoms with Crippen molar-refractivity contribution < 1.29 is 9.13 Å². The summed E-state index contributed by atoms with van der Waals surface area (Å²) in [7, 11) is 0. The molecule has 2 heterocycles. The quantitative estimate of drug-likeness (QED) is 0.790. The Hall–Kier alpha value is 0.0900. The van der Waals surface area contributed by atoms with Gasteiger partial charge in [-0.3, -0.25) is 4.90 Å². The number of benzene rings is 1. The third kappa shape index (κ3) is 5.55. The fourth-order valence-corrected chi connectivity index (χ4v) is 4.00. The standard InChI is InChI=1S/C16H22BrFN2O.2ClH/c17-14-9-13(10-15(18)11-14)16(12-1-7-21-8-2-12)20-5-3-19-4-6-20;;/h9-12,16,19H,1-8H2;2*1H/t16-;;/m1../s1. The van der Waals surface area contributed by atoms with E-state index in [0.717, 1.165) is 62.3 Å². The zero-order valence-corrected chi connectivity index (χ0v) is 16.2. The van der Waals surface area contributed by atoms with Crippen LogP contribution in [-0.2, 0) is 4.74 Å². The molecule has 0 radical (unpaired) electrons. The summed E-state index contributed by atoms with van der Waals surface area (Å²) in [5.41, 5.74) is 1.09. The van der Waals surface area contributed by atoms with E-state index in [4.69, 9.17) is 4.74 Å². The summed E-state index contributed by atoms with van der Waals surface area (Å²) in [5, 5.41) is 3.40. The van der Waals surface area contributed by atoms with Gasteiger partial charge in [-0.15, -0.1) is 24.8 Å². The summed E-state index contributed by atoms with van der Waals surface area (Å²) >= 11 is 3.43. The van der Waals surface area contributed by atoms with Gasteiger partial charge < -0.3 is 10.1 Å². The summed E-state index contributed by atoms with van der Waals surface area (Å²) < 4.78 is 20.2. The van der Waals surface area contributed by atoms with Gasteiger partial charge in [-0.25, -0.2) is 4.39 Å². The molecule has 0 bridgehead atoms. The van der Waals surface area contributed by atoms with Gasteiger partial charge in [-0.2, -0.15) is 0 Å². The largest absolute Gasteiger partial charge is 0.381 e.